The van der Waals surface area contributed by atoms with Crippen molar-refractivity contribution in [3.05, 3.63) is 59.8 Å². The number of piperazine rings is 1. The molecule has 1 atom stereocenters. The number of rotatable bonds is 8. The number of carbonyl (C=O) groups excluding carboxylic acids is 4. The minimum Gasteiger partial charge on any atom is -0.468 e. The number of esters is 1. The van der Waals surface area contributed by atoms with Crippen LogP contribution in [0.5, 0.6) is 0 Å². The lowest BCUT2D eigenvalue weighted by molar-refractivity contribution is -0.142. The van der Waals surface area contributed by atoms with Crippen LogP contribution in [0.1, 0.15) is 36.8 Å². The summed E-state index contributed by atoms with van der Waals surface area (Å²) < 4.78 is 10.9. The Hall–Kier alpha value is -4.69. The number of amides is 4. The average molecular weight is 701 g/mol. The van der Waals surface area contributed by atoms with E-state index in [4.69, 9.17) is 9.47 Å². The first-order valence-electron chi connectivity index (χ1n) is 18.2. The molecule has 4 amide bonds. The van der Waals surface area contributed by atoms with E-state index < -0.39 is 12.2 Å². The smallest absolute Gasteiger partial charge is 0.410 e. The van der Waals surface area contributed by atoms with Crippen molar-refractivity contribution in [2.75, 3.05) is 77.9 Å². The molecule has 2 N–H and O–H groups in total. The normalized spacial score (nSPS) is 20.4. The molecule has 0 radical (unpaired) electrons. The number of nitrogens with zero attached hydrogens (tertiary/aromatic N) is 6. The van der Waals surface area contributed by atoms with Gasteiger partial charge in [-0.3, -0.25) is 24.5 Å². The van der Waals surface area contributed by atoms with Crippen molar-refractivity contribution in [3.63, 3.8) is 0 Å². The summed E-state index contributed by atoms with van der Waals surface area (Å²) in [6, 6.07) is 14.0. The lowest BCUT2D eigenvalue weighted by atomic mass is 10.00. The maximum absolute atomic E-state index is 14.1. The number of H-pyrrole nitrogens is 1. The number of carbonyl (C=O) groups is 4. The van der Waals surface area contributed by atoms with Crippen LogP contribution in [0.15, 0.2) is 48.7 Å². The Morgan fingerprint density at radius 3 is 2.37 bits per heavy atom. The van der Waals surface area contributed by atoms with Gasteiger partial charge in [-0.15, -0.1) is 0 Å². The molecule has 1 aromatic heterocycles. The molecular weight excluding hydrogens is 652 g/mol. The molecule has 4 aliphatic rings. The Bertz CT molecular complexity index is 1710. The van der Waals surface area contributed by atoms with Crippen LogP contribution in [-0.2, 0) is 31.9 Å². The summed E-state index contributed by atoms with van der Waals surface area (Å²) in [5.74, 6) is -0.388. The number of para-hydroxylation sites is 1. The van der Waals surface area contributed by atoms with Gasteiger partial charge in [0.2, 0.25) is 0 Å². The van der Waals surface area contributed by atoms with Crippen LogP contribution >= 0.6 is 0 Å². The highest BCUT2D eigenvalue weighted by Gasteiger charge is 2.36. The van der Waals surface area contributed by atoms with Crippen LogP contribution in [0.4, 0.5) is 15.3 Å². The first-order chi connectivity index (χ1) is 24.8. The SMILES string of the molecule is COC(=O)CN1CCN(C2CCN(C(=O)C(Cc3ccc4[nH]ncc4c3)OC(=O)N3CCC(N4CCc5ccccc5NC4=O)CC3)CC2)CC1. The molecule has 0 aliphatic carbocycles. The minimum atomic E-state index is -0.965. The van der Waals surface area contributed by atoms with Crippen molar-refractivity contribution in [2.24, 2.45) is 0 Å². The number of likely N-dealkylation sites (tertiary alicyclic amines) is 2. The molecule has 5 heterocycles. The molecule has 272 valence electrons. The molecule has 51 heavy (non-hydrogen) atoms. The predicted molar refractivity (Wildman–Crippen MR) is 190 cm³/mol. The fraction of sp³-hybridized carbons (Fsp3) is 0.541. The highest BCUT2D eigenvalue weighted by molar-refractivity contribution is 5.91. The molecule has 7 rings (SSSR count). The van der Waals surface area contributed by atoms with Crippen molar-refractivity contribution in [2.45, 2.75) is 56.7 Å². The fourth-order valence-corrected chi connectivity index (χ4v) is 8.00. The van der Waals surface area contributed by atoms with Gasteiger partial charge in [-0.1, -0.05) is 24.3 Å². The second-order valence-corrected chi connectivity index (χ2v) is 14.1. The van der Waals surface area contributed by atoms with Crippen molar-refractivity contribution in [1.29, 1.82) is 0 Å². The van der Waals surface area contributed by atoms with Crippen LogP contribution < -0.4 is 5.32 Å². The van der Waals surface area contributed by atoms with Gasteiger partial charge >= 0.3 is 18.1 Å². The van der Waals surface area contributed by atoms with Crippen molar-refractivity contribution in [3.8, 4) is 0 Å². The zero-order valence-electron chi connectivity index (χ0n) is 29.3. The molecule has 4 aliphatic heterocycles. The molecule has 3 fully saturated rings. The topological polar surface area (TPSA) is 144 Å². The molecule has 0 bridgehead atoms. The number of fused-ring (bicyclic) bond motifs is 2. The maximum atomic E-state index is 14.1. The maximum Gasteiger partial charge on any atom is 0.410 e. The van der Waals surface area contributed by atoms with E-state index in [-0.39, 0.29) is 30.4 Å². The highest BCUT2D eigenvalue weighted by Crippen LogP contribution is 2.26. The van der Waals surface area contributed by atoms with E-state index in [1.165, 1.54) is 7.11 Å². The van der Waals surface area contributed by atoms with Crippen molar-refractivity contribution in [1.82, 2.24) is 34.7 Å². The third kappa shape index (κ3) is 8.12. The van der Waals surface area contributed by atoms with Gasteiger partial charge in [0.1, 0.15) is 0 Å². The van der Waals surface area contributed by atoms with Gasteiger partial charge in [-0.05, 0) is 61.4 Å². The summed E-state index contributed by atoms with van der Waals surface area (Å²) in [5, 5.41) is 11.1. The number of methoxy groups -OCH3 is 1. The molecule has 14 heteroatoms. The van der Waals surface area contributed by atoms with Gasteiger partial charge in [0, 0.05) is 88.5 Å². The predicted octanol–water partition coefficient (Wildman–Crippen LogP) is 2.95. The molecule has 3 saturated heterocycles. The lowest BCUT2D eigenvalue weighted by Gasteiger charge is -2.43. The fourth-order valence-electron chi connectivity index (χ4n) is 8.00. The Morgan fingerprint density at radius 2 is 1.61 bits per heavy atom. The van der Waals surface area contributed by atoms with Crippen LogP contribution in [0.2, 0.25) is 0 Å². The van der Waals surface area contributed by atoms with Crippen LogP contribution in [0.3, 0.4) is 0 Å². The van der Waals surface area contributed by atoms with Gasteiger partial charge in [-0.25, -0.2) is 9.59 Å². The second-order valence-electron chi connectivity index (χ2n) is 14.1. The van der Waals surface area contributed by atoms with Gasteiger partial charge in [0.15, 0.2) is 6.10 Å². The van der Waals surface area contributed by atoms with Crippen LogP contribution in [0, 0.1) is 0 Å². The number of aromatic nitrogens is 2. The monoisotopic (exact) mass is 700 g/mol. The quantitative estimate of drug-likeness (QED) is 0.339. The average Bonchev–Trinajstić information content (AvgIpc) is 3.56. The summed E-state index contributed by atoms with van der Waals surface area (Å²) in [7, 11) is 1.42. The second kappa shape index (κ2) is 15.7. The van der Waals surface area contributed by atoms with E-state index in [1.54, 1.807) is 11.1 Å². The standard InChI is InChI=1S/C37H48N8O6/c1-50-34(46)25-41-18-20-42(21-19-41)29-9-13-43(14-10-29)35(47)33(23-26-6-7-32-28(22-26)24-38-40-32)51-37(49)44-15-11-30(12-16-44)45-17-8-27-4-2-3-5-31(27)39-36(45)48/h2-7,22,24,29-30,33H,8-21,23,25H2,1H3,(H,38,40)(H,39,48). The third-order valence-corrected chi connectivity index (χ3v) is 11.0. The minimum absolute atomic E-state index is 0.0135. The Kier molecular flexibility index (Phi) is 10.7. The number of hydrogen-bond donors (Lipinski definition) is 2. The number of anilines is 1. The number of urea groups is 1. The first-order valence-corrected chi connectivity index (χ1v) is 18.2. The van der Waals surface area contributed by atoms with Gasteiger partial charge in [0.05, 0.1) is 25.4 Å². The molecule has 3 aromatic rings. The van der Waals surface area contributed by atoms with Crippen molar-refractivity contribution >= 4 is 40.6 Å². The zero-order chi connectivity index (χ0) is 35.3. The number of aromatic amines is 1. The first kappa shape index (κ1) is 34.7. The highest BCUT2D eigenvalue weighted by atomic mass is 16.6. The Balaban J connectivity index is 0.955. The van der Waals surface area contributed by atoms with Gasteiger partial charge in [-0.2, -0.15) is 5.10 Å². The molecular formula is C37H48N8O6. The summed E-state index contributed by atoms with van der Waals surface area (Å²) in [6.07, 6.45) is 4.28. The van der Waals surface area contributed by atoms with E-state index in [9.17, 15) is 19.2 Å². The van der Waals surface area contributed by atoms with E-state index in [0.717, 1.165) is 73.2 Å². The Labute approximate surface area is 298 Å². The summed E-state index contributed by atoms with van der Waals surface area (Å²) in [5.41, 5.74) is 3.77. The number of hydrogen-bond acceptors (Lipinski definition) is 9. The third-order valence-electron chi connectivity index (χ3n) is 11.0. The number of piperidine rings is 2. The summed E-state index contributed by atoms with van der Waals surface area (Å²) in [6.45, 7) is 6.38. The van der Waals surface area contributed by atoms with Crippen LogP contribution in [0.25, 0.3) is 10.9 Å². The van der Waals surface area contributed by atoms with Crippen molar-refractivity contribution < 1.29 is 28.7 Å². The van der Waals surface area contributed by atoms with Gasteiger partial charge in [0.25, 0.3) is 5.91 Å². The number of ether oxygens (including phenoxy) is 2. The van der Waals surface area contributed by atoms with E-state index in [0.29, 0.717) is 58.2 Å². The molecule has 14 nitrogen and oxygen atoms in total. The zero-order valence-corrected chi connectivity index (χ0v) is 29.3. The van der Waals surface area contributed by atoms with E-state index in [1.807, 2.05) is 52.3 Å². The molecule has 0 spiro atoms. The Morgan fingerprint density at radius 1 is 0.882 bits per heavy atom. The summed E-state index contributed by atoms with van der Waals surface area (Å²) >= 11 is 0. The number of nitrogens with one attached hydrogen (secondary N) is 2. The van der Waals surface area contributed by atoms with Crippen LogP contribution in [-0.4, -0.2) is 149 Å². The molecule has 1 unspecified atom stereocenters. The van der Waals surface area contributed by atoms with Gasteiger partial charge < -0.3 is 29.5 Å². The van der Waals surface area contributed by atoms with E-state index >= 15 is 0 Å². The largest absolute Gasteiger partial charge is 0.468 e. The summed E-state index contributed by atoms with van der Waals surface area (Å²) in [4.78, 5) is 62.6. The molecule has 0 saturated carbocycles. The molecule has 2 aromatic carbocycles. The number of benzene rings is 2. The van der Waals surface area contributed by atoms with E-state index in [2.05, 4.69) is 25.3 Å². The lowest BCUT2D eigenvalue weighted by Crippen LogP contribution is -2.55.